The molecule has 2 heterocycles. The molecule has 7 nitrogen and oxygen atoms in total. The van der Waals surface area contributed by atoms with Gasteiger partial charge in [-0.05, 0) is 105 Å². The fraction of sp³-hybridized carbons (Fsp3) is 0.489. The third-order valence-corrected chi connectivity index (χ3v) is 9.03. The van der Waals surface area contributed by atoms with Crippen LogP contribution in [0.5, 0.6) is 0 Å². The van der Waals surface area contributed by atoms with Crippen molar-refractivity contribution in [3.05, 3.63) is 125 Å². The summed E-state index contributed by atoms with van der Waals surface area (Å²) in [5.74, 6) is 0.210. The van der Waals surface area contributed by atoms with Gasteiger partial charge in [-0.1, -0.05) is 85.4 Å². The summed E-state index contributed by atoms with van der Waals surface area (Å²) in [5, 5.41) is 7.33. The summed E-state index contributed by atoms with van der Waals surface area (Å²) < 4.78 is 5.47. The highest BCUT2D eigenvalue weighted by atomic mass is 16.5. The largest absolute Gasteiger partial charge is 0.378 e. The van der Waals surface area contributed by atoms with Crippen molar-refractivity contribution in [1.29, 1.82) is 0 Å². The number of aryl methyl sites for hydroxylation is 1. The number of hydrogen-bond donors (Lipinski definition) is 2. The molecular formula is C45H69N5O2. The van der Waals surface area contributed by atoms with E-state index >= 15 is 0 Å². The smallest absolute Gasteiger partial charge is 0.133 e. The van der Waals surface area contributed by atoms with Gasteiger partial charge in [-0.15, -0.1) is 0 Å². The predicted molar refractivity (Wildman–Crippen MR) is 224 cm³/mol. The molecule has 0 spiro atoms. The molecule has 2 fully saturated rings. The van der Waals surface area contributed by atoms with E-state index in [-0.39, 0.29) is 11.3 Å². The van der Waals surface area contributed by atoms with Gasteiger partial charge < -0.3 is 30.1 Å². The van der Waals surface area contributed by atoms with Crippen LogP contribution in [-0.4, -0.2) is 92.1 Å². The van der Waals surface area contributed by atoms with Gasteiger partial charge in [0.2, 0.25) is 0 Å². The van der Waals surface area contributed by atoms with Crippen molar-refractivity contribution in [3.8, 4) is 0 Å². The van der Waals surface area contributed by atoms with Crippen LogP contribution in [-0.2, 0) is 9.53 Å². The van der Waals surface area contributed by atoms with Gasteiger partial charge >= 0.3 is 0 Å². The fourth-order valence-electron chi connectivity index (χ4n) is 6.06. The molecule has 0 bridgehead atoms. The minimum absolute atomic E-state index is 0.0147. The van der Waals surface area contributed by atoms with Crippen LogP contribution in [0.25, 0.3) is 5.70 Å². The molecule has 2 aliphatic rings. The zero-order valence-electron chi connectivity index (χ0n) is 34.3. The number of ketones is 1. The molecular weight excluding hydrogens is 643 g/mol. The number of nitrogens with zero attached hydrogens (tertiary/aromatic N) is 3. The third kappa shape index (κ3) is 16.2. The second-order valence-electron chi connectivity index (χ2n) is 14.7. The molecule has 3 rings (SSSR count). The minimum atomic E-state index is -0.0147. The lowest BCUT2D eigenvalue weighted by Crippen LogP contribution is -2.61. The second kappa shape index (κ2) is 22.9. The van der Waals surface area contributed by atoms with Gasteiger partial charge in [0.15, 0.2) is 0 Å². The number of Topliss-reactive ketones (excluding diaryl/α,β-unsaturated/α-hetero) is 1. The van der Waals surface area contributed by atoms with E-state index in [0.29, 0.717) is 12.5 Å². The van der Waals surface area contributed by atoms with Gasteiger partial charge in [0, 0.05) is 73.5 Å². The average Bonchev–Trinajstić information content (AvgIpc) is 3.07. The Hall–Kier alpha value is -3.91. The Labute approximate surface area is 317 Å². The Morgan fingerprint density at radius 3 is 2.23 bits per heavy atom. The van der Waals surface area contributed by atoms with Crippen LogP contribution in [0.3, 0.4) is 0 Å². The van der Waals surface area contributed by atoms with Crippen LogP contribution in [0.1, 0.15) is 79.4 Å². The normalized spacial score (nSPS) is 17.3. The maximum absolute atomic E-state index is 11.4. The quantitative estimate of drug-likeness (QED) is 0.124. The van der Waals surface area contributed by atoms with E-state index < -0.39 is 0 Å². The lowest BCUT2D eigenvalue weighted by molar-refractivity contribution is -0.116. The number of likely N-dealkylation sites (N-methyl/N-ethyl adjacent to an activating group) is 1. The minimum Gasteiger partial charge on any atom is -0.378 e. The first-order valence-corrected chi connectivity index (χ1v) is 18.9. The SMILES string of the molecule is C=C/C=C(N/C(=C\C)c1ccc(C)cc1)\C(C)=C(/C)N1CCOCC1.CC/C=C/C=C(\C=C(/C)CC(C)=O)N1CC(NC(C)(C)/C=C/CN(C)C)C1. The Kier molecular flexibility index (Phi) is 19.5. The summed E-state index contributed by atoms with van der Waals surface area (Å²) >= 11 is 0. The Morgan fingerprint density at radius 2 is 1.67 bits per heavy atom. The lowest BCUT2D eigenvalue weighted by Gasteiger charge is -2.45. The zero-order chi connectivity index (χ0) is 38.7. The van der Waals surface area contributed by atoms with E-state index in [1.807, 2.05) is 19.1 Å². The van der Waals surface area contributed by atoms with Crippen molar-refractivity contribution >= 4 is 11.5 Å². The number of rotatable bonds is 17. The van der Waals surface area contributed by atoms with Crippen molar-refractivity contribution in [2.45, 2.75) is 86.7 Å². The van der Waals surface area contributed by atoms with E-state index in [0.717, 1.165) is 69.3 Å². The van der Waals surface area contributed by atoms with Crippen LogP contribution in [0.15, 0.2) is 114 Å². The molecule has 2 saturated heterocycles. The van der Waals surface area contributed by atoms with Gasteiger partial charge in [0.05, 0.1) is 13.2 Å². The summed E-state index contributed by atoms with van der Waals surface area (Å²) in [5.41, 5.74) is 9.42. The molecule has 52 heavy (non-hydrogen) atoms. The molecule has 0 saturated carbocycles. The number of hydrogen-bond acceptors (Lipinski definition) is 7. The van der Waals surface area contributed by atoms with Crippen LogP contribution < -0.4 is 10.6 Å². The highest BCUT2D eigenvalue weighted by molar-refractivity contribution is 5.78. The van der Waals surface area contributed by atoms with Crippen LogP contribution in [0.2, 0.25) is 0 Å². The van der Waals surface area contributed by atoms with Gasteiger partial charge in [-0.2, -0.15) is 0 Å². The fourth-order valence-corrected chi connectivity index (χ4v) is 6.06. The molecule has 0 aliphatic carbocycles. The second-order valence-corrected chi connectivity index (χ2v) is 14.7. The van der Waals surface area contributed by atoms with Crippen molar-refractivity contribution in [1.82, 2.24) is 25.3 Å². The average molecular weight is 712 g/mol. The Morgan fingerprint density at radius 1 is 1.02 bits per heavy atom. The van der Waals surface area contributed by atoms with Crippen LogP contribution >= 0.6 is 0 Å². The monoisotopic (exact) mass is 712 g/mol. The number of ether oxygens (including phenoxy) is 1. The Balaban J connectivity index is 0.000000361. The van der Waals surface area contributed by atoms with Crippen molar-refractivity contribution in [3.63, 3.8) is 0 Å². The molecule has 7 heteroatoms. The number of carbonyl (C=O) groups excluding carboxylic acids is 1. The lowest BCUT2D eigenvalue weighted by atomic mass is 9.98. The van der Waals surface area contributed by atoms with Crippen molar-refractivity contribution < 1.29 is 9.53 Å². The first kappa shape index (κ1) is 44.3. The summed E-state index contributed by atoms with van der Waals surface area (Å²) in [6.07, 6.45) is 20.6. The van der Waals surface area contributed by atoms with Crippen molar-refractivity contribution in [2.24, 2.45) is 0 Å². The maximum atomic E-state index is 11.4. The molecule has 2 aliphatic heterocycles. The molecule has 286 valence electrons. The number of likely N-dealkylation sites (tertiary alicyclic amines) is 1. The summed E-state index contributed by atoms with van der Waals surface area (Å²) in [6.45, 7) is 29.0. The summed E-state index contributed by atoms with van der Waals surface area (Å²) in [7, 11) is 4.16. The molecule has 0 aromatic heterocycles. The predicted octanol–water partition coefficient (Wildman–Crippen LogP) is 8.57. The number of benzene rings is 1. The third-order valence-electron chi connectivity index (χ3n) is 9.03. The van der Waals surface area contributed by atoms with E-state index in [1.54, 1.807) is 6.92 Å². The standard InChI is InChI=1S/C23H39N3O.C22H30N2O/c1-8-9-10-12-22(16-19(2)15-20(3)27)26-17-21(18-26)24-23(4,5)13-11-14-25(6)7;1-6-8-22(18(4)19(5)24-13-15-25-16-14-24)23-21(7-2)20-11-9-17(3)10-12-20/h9-13,16,21,24H,8,14-15,17-18H2,1-7H3;6-12,23H,1,13-16H2,2-5H3/b10-9+,13-11+,19-16+,22-12+;19-18+,21-7-,22-8+. The molecule has 0 unspecified atom stereocenters. The van der Waals surface area contributed by atoms with Gasteiger partial charge in [0.25, 0.3) is 0 Å². The summed E-state index contributed by atoms with van der Waals surface area (Å²) in [6, 6.07) is 9.05. The number of allylic oxidation sites excluding steroid dienone is 10. The Bertz CT molecular complexity index is 1490. The first-order valence-electron chi connectivity index (χ1n) is 18.9. The van der Waals surface area contributed by atoms with E-state index in [4.69, 9.17) is 4.74 Å². The topological polar surface area (TPSA) is 60.1 Å². The van der Waals surface area contributed by atoms with E-state index in [1.165, 1.54) is 28.1 Å². The highest BCUT2D eigenvalue weighted by Gasteiger charge is 2.31. The van der Waals surface area contributed by atoms with Gasteiger partial charge in [0.1, 0.15) is 5.78 Å². The molecule has 1 aromatic carbocycles. The molecule has 1 aromatic rings. The summed E-state index contributed by atoms with van der Waals surface area (Å²) in [4.78, 5) is 18.3. The number of carbonyl (C=O) groups is 1. The maximum Gasteiger partial charge on any atom is 0.133 e. The van der Waals surface area contributed by atoms with Crippen LogP contribution in [0, 0.1) is 6.92 Å². The highest BCUT2D eigenvalue weighted by Crippen LogP contribution is 2.23. The molecule has 0 radical (unpaired) electrons. The van der Waals surface area contributed by atoms with E-state index in [9.17, 15) is 4.79 Å². The first-order chi connectivity index (χ1) is 24.7. The van der Waals surface area contributed by atoms with Gasteiger partial charge in [-0.25, -0.2) is 0 Å². The molecule has 0 amide bonds. The van der Waals surface area contributed by atoms with Gasteiger partial charge in [-0.3, -0.25) is 4.79 Å². The molecule has 2 N–H and O–H groups in total. The molecule has 0 atom stereocenters. The number of nitrogens with one attached hydrogen (secondary N) is 2. The zero-order valence-corrected chi connectivity index (χ0v) is 34.3. The van der Waals surface area contributed by atoms with E-state index in [2.05, 4.69) is 161 Å². The number of morpholine rings is 1. The van der Waals surface area contributed by atoms with Crippen molar-refractivity contribution in [2.75, 3.05) is 60.0 Å². The van der Waals surface area contributed by atoms with Crippen LogP contribution in [0.4, 0.5) is 0 Å².